The quantitative estimate of drug-likeness (QED) is 0.893. The van der Waals surface area contributed by atoms with Gasteiger partial charge in [0, 0.05) is 29.5 Å². The van der Waals surface area contributed by atoms with Crippen molar-refractivity contribution >= 4 is 15.9 Å². The topological polar surface area (TPSA) is 32.7 Å². The minimum Gasteiger partial charge on any atom is -0.391 e. The molecular weight excluding hydrogens is 318 g/mol. The molecule has 0 aromatic heterocycles. The lowest BCUT2D eigenvalue weighted by Gasteiger charge is -2.46. The first kappa shape index (κ1) is 16.0. The van der Waals surface area contributed by atoms with Crippen molar-refractivity contribution in [2.24, 2.45) is 0 Å². The van der Waals surface area contributed by atoms with Crippen LogP contribution < -0.4 is 0 Å². The SMILES string of the molecule is CCC(C)(C(O)Cc1ccccc1Br)N1CCOCC1. The van der Waals surface area contributed by atoms with Crippen LogP contribution in [0.15, 0.2) is 28.7 Å². The number of nitrogens with zero attached hydrogens (tertiary/aromatic N) is 1. The molecule has 0 spiro atoms. The summed E-state index contributed by atoms with van der Waals surface area (Å²) in [6, 6.07) is 8.12. The van der Waals surface area contributed by atoms with Crippen molar-refractivity contribution in [3.63, 3.8) is 0 Å². The van der Waals surface area contributed by atoms with Crippen LogP contribution in [0.4, 0.5) is 0 Å². The smallest absolute Gasteiger partial charge is 0.0761 e. The maximum atomic E-state index is 10.8. The lowest BCUT2D eigenvalue weighted by molar-refractivity contribution is -0.0714. The molecule has 1 aliphatic heterocycles. The van der Waals surface area contributed by atoms with Crippen LogP contribution in [-0.2, 0) is 11.2 Å². The largest absolute Gasteiger partial charge is 0.391 e. The third-order valence-electron chi connectivity index (χ3n) is 4.54. The van der Waals surface area contributed by atoms with E-state index >= 15 is 0 Å². The van der Waals surface area contributed by atoms with Gasteiger partial charge in [0.2, 0.25) is 0 Å². The van der Waals surface area contributed by atoms with Crippen LogP contribution in [0.1, 0.15) is 25.8 Å². The van der Waals surface area contributed by atoms with Crippen LogP contribution in [0.25, 0.3) is 0 Å². The zero-order valence-corrected chi connectivity index (χ0v) is 13.9. The zero-order chi connectivity index (χ0) is 14.6. The normalized spacial score (nSPS) is 21.4. The third kappa shape index (κ3) is 3.42. The van der Waals surface area contributed by atoms with Gasteiger partial charge >= 0.3 is 0 Å². The molecule has 1 aromatic rings. The predicted octanol–water partition coefficient (Wildman–Crippen LogP) is 2.85. The zero-order valence-electron chi connectivity index (χ0n) is 12.3. The average Bonchev–Trinajstić information content (AvgIpc) is 2.49. The van der Waals surface area contributed by atoms with Gasteiger partial charge in [-0.1, -0.05) is 41.1 Å². The Labute approximate surface area is 130 Å². The highest BCUT2D eigenvalue weighted by Gasteiger charge is 2.38. The first-order chi connectivity index (χ1) is 9.58. The molecule has 20 heavy (non-hydrogen) atoms. The molecular formula is C16H24BrNO2. The number of aliphatic hydroxyl groups is 1. The summed E-state index contributed by atoms with van der Waals surface area (Å²) in [4.78, 5) is 2.37. The van der Waals surface area contributed by atoms with Crippen LogP contribution in [-0.4, -0.2) is 48.0 Å². The molecule has 3 nitrogen and oxygen atoms in total. The molecule has 2 unspecified atom stereocenters. The lowest BCUT2D eigenvalue weighted by atomic mass is 9.85. The number of ether oxygens (including phenoxy) is 1. The van der Waals surface area contributed by atoms with Gasteiger partial charge in [0.15, 0.2) is 0 Å². The van der Waals surface area contributed by atoms with Gasteiger partial charge in [-0.3, -0.25) is 4.90 Å². The number of aliphatic hydroxyl groups excluding tert-OH is 1. The molecule has 1 heterocycles. The van der Waals surface area contributed by atoms with Crippen molar-refractivity contribution < 1.29 is 9.84 Å². The van der Waals surface area contributed by atoms with E-state index < -0.39 is 0 Å². The van der Waals surface area contributed by atoms with Crippen LogP contribution in [0.5, 0.6) is 0 Å². The highest BCUT2D eigenvalue weighted by atomic mass is 79.9. The van der Waals surface area contributed by atoms with E-state index in [1.54, 1.807) is 0 Å². The molecule has 1 N–H and O–H groups in total. The Balaban J connectivity index is 2.11. The fraction of sp³-hybridized carbons (Fsp3) is 0.625. The van der Waals surface area contributed by atoms with Crippen LogP contribution in [0.2, 0.25) is 0 Å². The van der Waals surface area contributed by atoms with E-state index in [0.29, 0.717) is 6.42 Å². The van der Waals surface area contributed by atoms with Gasteiger partial charge < -0.3 is 9.84 Å². The number of morpholine rings is 1. The summed E-state index contributed by atoms with van der Waals surface area (Å²) in [5.74, 6) is 0. The van der Waals surface area contributed by atoms with E-state index in [-0.39, 0.29) is 11.6 Å². The van der Waals surface area contributed by atoms with Crippen molar-refractivity contribution in [1.82, 2.24) is 4.90 Å². The van der Waals surface area contributed by atoms with Gasteiger partial charge in [0.1, 0.15) is 0 Å². The Hall–Kier alpha value is -0.420. The minimum absolute atomic E-state index is 0.195. The molecule has 0 amide bonds. The molecule has 1 fully saturated rings. The van der Waals surface area contributed by atoms with Gasteiger partial charge in [-0.05, 0) is 25.0 Å². The Morgan fingerprint density at radius 3 is 2.60 bits per heavy atom. The third-order valence-corrected chi connectivity index (χ3v) is 5.31. The number of rotatable bonds is 5. The molecule has 2 atom stereocenters. The maximum absolute atomic E-state index is 10.8. The van der Waals surface area contributed by atoms with Crippen molar-refractivity contribution in [3.05, 3.63) is 34.3 Å². The molecule has 4 heteroatoms. The lowest BCUT2D eigenvalue weighted by Crippen LogP contribution is -2.58. The summed E-state index contributed by atoms with van der Waals surface area (Å²) in [5.41, 5.74) is 0.965. The standard InChI is InChI=1S/C16H24BrNO2/c1-3-16(2,18-8-10-20-11-9-18)15(19)12-13-6-4-5-7-14(13)17/h4-7,15,19H,3,8-12H2,1-2H3. The monoisotopic (exact) mass is 341 g/mol. The summed E-state index contributed by atoms with van der Waals surface area (Å²) in [6.07, 6.45) is 1.21. The molecule has 112 valence electrons. The Kier molecular flexibility index (Phi) is 5.61. The molecule has 1 saturated heterocycles. The van der Waals surface area contributed by atoms with Crippen LogP contribution in [0.3, 0.4) is 0 Å². The highest BCUT2D eigenvalue weighted by Crippen LogP contribution is 2.28. The summed E-state index contributed by atoms with van der Waals surface area (Å²) in [5, 5.41) is 10.8. The molecule has 0 bridgehead atoms. The van der Waals surface area contributed by atoms with Gasteiger partial charge in [-0.2, -0.15) is 0 Å². The van der Waals surface area contributed by atoms with Crippen molar-refractivity contribution in [2.45, 2.75) is 38.3 Å². The molecule has 2 rings (SSSR count). The van der Waals surface area contributed by atoms with E-state index in [2.05, 4.69) is 40.7 Å². The van der Waals surface area contributed by atoms with Gasteiger partial charge in [0.05, 0.1) is 19.3 Å². The average molecular weight is 342 g/mol. The number of halogens is 1. The second-order valence-corrected chi connectivity index (χ2v) is 6.48. The molecule has 0 saturated carbocycles. The molecule has 0 radical (unpaired) electrons. The fourth-order valence-electron chi connectivity index (χ4n) is 2.84. The van der Waals surface area contributed by atoms with E-state index in [9.17, 15) is 5.11 Å². The second kappa shape index (κ2) is 7.03. The first-order valence-electron chi connectivity index (χ1n) is 7.32. The maximum Gasteiger partial charge on any atom is 0.0761 e. The van der Waals surface area contributed by atoms with Crippen LogP contribution >= 0.6 is 15.9 Å². The van der Waals surface area contributed by atoms with Crippen molar-refractivity contribution in [2.75, 3.05) is 26.3 Å². The predicted molar refractivity (Wildman–Crippen MR) is 84.9 cm³/mol. The van der Waals surface area contributed by atoms with Gasteiger partial charge in [-0.15, -0.1) is 0 Å². The first-order valence-corrected chi connectivity index (χ1v) is 8.11. The number of hydrogen-bond donors (Lipinski definition) is 1. The molecule has 1 aromatic carbocycles. The Morgan fingerprint density at radius 2 is 2.00 bits per heavy atom. The minimum atomic E-state index is -0.385. The van der Waals surface area contributed by atoms with Crippen molar-refractivity contribution in [3.8, 4) is 0 Å². The molecule has 1 aliphatic rings. The summed E-state index contributed by atoms with van der Waals surface area (Å²) in [6.45, 7) is 7.64. The van der Waals surface area contributed by atoms with Crippen molar-refractivity contribution in [1.29, 1.82) is 0 Å². The summed E-state index contributed by atoms with van der Waals surface area (Å²) in [7, 11) is 0. The van der Waals surface area contributed by atoms with Gasteiger partial charge in [-0.25, -0.2) is 0 Å². The number of benzene rings is 1. The van der Waals surface area contributed by atoms with E-state index in [1.807, 2.05) is 18.2 Å². The summed E-state index contributed by atoms with van der Waals surface area (Å²) < 4.78 is 6.49. The summed E-state index contributed by atoms with van der Waals surface area (Å²) >= 11 is 3.56. The van der Waals surface area contributed by atoms with E-state index in [4.69, 9.17) is 4.74 Å². The Bertz CT molecular complexity index is 434. The number of hydrogen-bond acceptors (Lipinski definition) is 3. The van der Waals surface area contributed by atoms with E-state index in [0.717, 1.165) is 42.8 Å². The van der Waals surface area contributed by atoms with Crippen LogP contribution in [0, 0.1) is 0 Å². The fourth-order valence-corrected chi connectivity index (χ4v) is 3.28. The van der Waals surface area contributed by atoms with Gasteiger partial charge in [0.25, 0.3) is 0 Å². The van der Waals surface area contributed by atoms with E-state index in [1.165, 1.54) is 0 Å². The Morgan fingerprint density at radius 1 is 1.35 bits per heavy atom. The molecule has 0 aliphatic carbocycles. The highest BCUT2D eigenvalue weighted by molar-refractivity contribution is 9.10. The second-order valence-electron chi connectivity index (χ2n) is 5.62.